The van der Waals surface area contributed by atoms with Crippen LogP contribution in [0.2, 0.25) is 10.0 Å². The van der Waals surface area contributed by atoms with Gasteiger partial charge in [0.1, 0.15) is 22.7 Å². The van der Waals surface area contributed by atoms with Crippen LogP contribution in [0.5, 0.6) is 0 Å². The number of nitrogens with zero attached hydrogens (tertiary/aromatic N) is 3. The van der Waals surface area contributed by atoms with Gasteiger partial charge in [0.25, 0.3) is 10.0 Å². The Morgan fingerprint density at radius 1 is 1.09 bits per heavy atom. The van der Waals surface area contributed by atoms with Gasteiger partial charge in [0, 0.05) is 23.5 Å². The minimum absolute atomic E-state index is 0.0795. The van der Waals surface area contributed by atoms with Crippen molar-refractivity contribution in [2.45, 2.75) is 36.6 Å². The predicted molar refractivity (Wildman–Crippen MR) is 137 cm³/mol. The highest BCUT2D eigenvalue weighted by molar-refractivity contribution is 7.92. The topological polar surface area (TPSA) is 120 Å². The number of nitrogens with two attached hydrogens (primary N) is 1. The standard InChI is InChI=1S/C24H21Cl2N5O3S/c25-18-9-4-10-19(21(18)26)35(33,34)30-15-6-3-5-14(11-15)22(32)17-12-31(16-7-1-2-8-16)24-20(17)23(27)28-13-29-24/h3-6,9-13,16,30H,1-2,7-8H2,(H2,27,28,29). The molecule has 5 rings (SSSR count). The number of sulfonamides is 1. The fourth-order valence-corrected chi connectivity index (χ4v) is 6.33. The number of halogens is 2. The summed E-state index contributed by atoms with van der Waals surface area (Å²) >= 11 is 12.1. The number of anilines is 2. The van der Waals surface area contributed by atoms with Crippen molar-refractivity contribution in [3.8, 4) is 0 Å². The Bertz CT molecular complexity index is 1560. The van der Waals surface area contributed by atoms with Gasteiger partial charge in [-0.05, 0) is 37.1 Å². The van der Waals surface area contributed by atoms with E-state index in [9.17, 15) is 13.2 Å². The fraction of sp³-hybridized carbons (Fsp3) is 0.208. The molecule has 2 heterocycles. The number of fused-ring (bicyclic) bond motifs is 1. The van der Waals surface area contributed by atoms with Crippen LogP contribution >= 0.6 is 23.2 Å². The second kappa shape index (κ2) is 9.14. The molecule has 0 aliphatic heterocycles. The summed E-state index contributed by atoms with van der Waals surface area (Å²) < 4.78 is 30.3. The summed E-state index contributed by atoms with van der Waals surface area (Å²) in [7, 11) is -4.04. The Balaban J connectivity index is 1.52. The van der Waals surface area contributed by atoms with Crippen molar-refractivity contribution in [1.82, 2.24) is 14.5 Å². The summed E-state index contributed by atoms with van der Waals surface area (Å²) in [6.45, 7) is 0. The fourth-order valence-electron chi connectivity index (χ4n) is 4.52. The third-order valence-electron chi connectivity index (χ3n) is 6.18. The average molecular weight is 530 g/mol. The minimum atomic E-state index is -4.04. The lowest BCUT2D eigenvalue weighted by Crippen LogP contribution is -2.14. The quantitative estimate of drug-likeness (QED) is 0.319. The molecule has 2 aromatic heterocycles. The number of aromatic nitrogens is 3. The Morgan fingerprint density at radius 2 is 1.83 bits per heavy atom. The summed E-state index contributed by atoms with van der Waals surface area (Å²) in [5.41, 5.74) is 7.65. The first kappa shape index (κ1) is 23.6. The third kappa shape index (κ3) is 4.35. The number of benzene rings is 2. The molecule has 0 radical (unpaired) electrons. The molecule has 1 aliphatic carbocycles. The van der Waals surface area contributed by atoms with Crippen LogP contribution in [0.25, 0.3) is 11.0 Å². The summed E-state index contributed by atoms with van der Waals surface area (Å²) in [4.78, 5) is 21.9. The molecule has 0 spiro atoms. The number of rotatable bonds is 6. The normalized spacial score (nSPS) is 14.5. The third-order valence-corrected chi connectivity index (χ3v) is 8.54. The number of carbonyl (C=O) groups excluding carboxylic acids is 1. The van der Waals surface area contributed by atoms with Gasteiger partial charge in [0.05, 0.1) is 21.0 Å². The van der Waals surface area contributed by atoms with E-state index >= 15 is 0 Å². The maximum absolute atomic E-state index is 13.6. The number of carbonyl (C=O) groups is 1. The summed E-state index contributed by atoms with van der Waals surface area (Å²) in [5.74, 6) is -0.0855. The zero-order valence-corrected chi connectivity index (χ0v) is 20.7. The van der Waals surface area contributed by atoms with Crippen molar-refractivity contribution in [3.05, 3.63) is 76.2 Å². The molecule has 1 fully saturated rings. The Hall–Kier alpha value is -3.14. The first-order chi connectivity index (χ1) is 16.8. The maximum atomic E-state index is 13.6. The molecule has 4 aromatic rings. The zero-order valence-electron chi connectivity index (χ0n) is 18.4. The van der Waals surface area contributed by atoms with Crippen LogP contribution in [0.15, 0.2) is 59.9 Å². The van der Waals surface area contributed by atoms with Gasteiger partial charge in [-0.2, -0.15) is 0 Å². The van der Waals surface area contributed by atoms with E-state index in [1.54, 1.807) is 24.4 Å². The lowest BCUT2D eigenvalue weighted by Gasteiger charge is -2.12. The summed E-state index contributed by atoms with van der Waals surface area (Å²) in [6.07, 6.45) is 7.43. The molecule has 0 amide bonds. The molecule has 1 saturated carbocycles. The first-order valence-electron chi connectivity index (χ1n) is 11.0. The summed E-state index contributed by atoms with van der Waals surface area (Å²) in [5, 5.41) is 0.544. The highest BCUT2D eigenvalue weighted by Crippen LogP contribution is 2.36. The highest BCUT2D eigenvalue weighted by atomic mass is 35.5. The summed E-state index contributed by atoms with van der Waals surface area (Å²) in [6, 6.07) is 10.8. The second-order valence-electron chi connectivity index (χ2n) is 8.41. The smallest absolute Gasteiger partial charge is 0.263 e. The van der Waals surface area contributed by atoms with Gasteiger partial charge in [0.2, 0.25) is 0 Å². The average Bonchev–Trinajstić information content (AvgIpc) is 3.49. The van der Waals surface area contributed by atoms with Crippen LogP contribution in [-0.4, -0.2) is 28.7 Å². The van der Waals surface area contributed by atoms with Gasteiger partial charge in [-0.1, -0.05) is 54.2 Å². The van der Waals surface area contributed by atoms with E-state index in [2.05, 4.69) is 14.7 Å². The van der Waals surface area contributed by atoms with Gasteiger partial charge < -0.3 is 10.3 Å². The van der Waals surface area contributed by atoms with E-state index < -0.39 is 10.0 Å². The number of ketones is 1. The van der Waals surface area contributed by atoms with E-state index in [0.29, 0.717) is 16.6 Å². The van der Waals surface area contributed by atoms with Crippen LogP contribution < -0.4 is 10.5 Å². The number of nitrogens with one attached hydrogen (secondary N) is 1. The molecule has 1 aliphatic rings. The minimum Gasteiger partial charge on any atom is -0.383 e. The van der Waals surface area contributed by atoms with Gasteiger partial charge in [0.15, 0.2) is 5.78 Å². The second-order valence-corrected chi connectivity index (χ2v) is 10.8. The Labute approximate surface area is 212 Å². The van der Waals surface area contributed by atoms with E-state index in [1.807, 2.05) is 4.57 Å². The van der Waals surface area contributed by atoms with Gasteiger partial charge >= 0.3 is 0 Å². The van der Waals surface area contributed by atoms with Crippen molar-refractivity contribution in [2.24, 2.45) is 0 Å². The molecular weight excluding hydrogens is 509 g/mol. The molecule has 180 valence electrons. The molecule has 2 aromatic carbocycles. The predicted octanol–water partition coefficient (Wildman–Crippen LogP) is 5.47. The molecule has 8 nitrogen and oxygen atoms in total. The molecule has 0 saturated heterocycles. The monoisotopic (exact) mass is 529 g/mol. The van der Waals surface area contributed by atoms with Gasteiger partial charge in [-0.25, -0.2) is 18.4 Å². The Kier molecular flexibility index (Phi) is 6.16. The maximum Gasteiger partial charge on any atom is 0.263 e. The largest absolute Gasteiger partial charge is 0.383 e. The lowest BCUT2D eigenvalue weighted by atomic mass is 10.0. The van der Waals surface area contributed by atoms with E-state index in [-0.39, 0.29) is 43.8 Å². The highest BCUT2D eigenvalue weighted by Gasteiger charge is 2.26. The zero-order chi connectivity index (χ0) is 24.7. The van der Waals surface area contributed by atoms with Gasteiger partial charge in [-0.15, -0.1) is 0 Å². The van der Waals surface area contributed by atoms with Crippen molar-refractivity contribution < 1.29 is 13.2 Å². The molecular formula is C24H21Cl2N5O3S. The lowest BCUT2D eigenvalue weighted by molar-refractivity contribution is 0.104. The Morgan fingerprint density at radius 3 is 2.60 bits per heavy atom. The number of hydrogen-bond donors (Lipinski definition) is 2. The van der Waals surface area contributed by atoms with E-state index in [1.165, 1.54) is 30.6 Å². The number of hydrogen-bond acceptors (Lipinski definition) is 6. The first-order valence-corrected chi connectivity index (χ1v) is 13.2. The van der Waals surface area contributed by atoms with Crippen molar-refractivity contribution >= 4 is 61.5 Å². The van der Waals surface area contributed by atoms with Crippen LogP contribution in [-0.2, 0) is 10.0 Å². The van der Waals surface area contributed by atoms with Crippen LogP contribution in [0, 0.1) is 0 Å². The number of nitrogen functional groups attached to an aromatic ring is 1. The van der Waals surface area contributed by atoms with E-state index in [0.717, 1.165) is 25.7 Å². The van der Waals surface area contributed by atoms with Crippen molar-refractivity contribution in [1.29, 1.82) is 0 Å². The van der Waals surface area contributed by atoms with Crippen molar-refractivity contribution in [3.63, 3.8) is 0 Å². The molecule has 0 unspecified atom stereocenters. The van der Waals surface area contributed by atoms with Crippen molar-refractivity contribution in [2.75, 3.05) is 10.5 Å². The van der Waals surface area contributed by atoms with Crippen LogP contribution in [0.3, 0.4) is 0 Å². The van der Waals surface area contributed by atoms with E-state index in [4.69, 9.17) is 28.9 Å². The molecule has 0 bridgehead atoms. The van der Waals surface area contributed by atoms with Crippen LogP contribution in [0.1, 0.15) is 47.6 Å². The SMILES string of the molecule is Nc1ncnc2c1c(C(=O)c1cccc(NS(=O)(=O)c3cccc(Cl)c3Cl)c1)cn2C1CCCC1. The van der Waals surface area contributed by atoms with Gasteiger partial charge in [-0.3, -0.25) is 9.52 Å². The molecule has 0 atom stereocenters. The van der Waals surface area contributed by atoms with Crippen LogP contribution in [0.4, 0.5) is 11.5 Å². The molecule has 3 N–H and O–H groups in total. The molecule has 35 heavy (non-hydrogen) atoms. The molecule has 11 heteroatoms.